The smallest absolute Gasteiger partial charge is 0.153 e. The van der Waals surface area contributed by atoms with Crippen LogP contribution in [0.5, 0.6) is 0 Å². The Morgan fingerprint density at radius 1 is 0.614 bits per heavy atom. The molecule has 1 aliphatic rings. The van der Waals surface area contributed by atoms with E-state index in [0.29, 0.717) is 0 Å². The van der Waals surface area contributed by atoms with Gasteiger partial charge < -0.3 is 0 Å². The zero-order valence-corrected chi connectivity index (χ0v) is 24.8. The Kier molecular flexibility index (Phi) is 5.95. The lowest BCUT2D eigenvalue weighted by Crippen LogP contribution is -2.14. The Balaban J connectivity index is 1.28. The van der Waals surface area contributed by atoms with Crippen LogP contribution in [0.15, 0.2) is 145 Å². The molecule has 1 N–H and O–H groups in total. The van der Waals surface area contributed by atoms with E-state index < -0.39 is 0 Å². The highest BCUT2D eigenvalue weighted by Crippen LogP contribution is 2.52. The van der Waals surface area contributed by atoms with E-state index in [2.05, 4.69) is 122 Å². The second kappa shape index (κ2) is 10.0. The molecule has 7 aromatic rings. The highest BCUT2D eigenvalue weighted by Gasteiger charge is 2.37. The average Bonchev–Trinajstić information content (AvgIpc) is 3.52. The number of aliphatic imine (C=N–C) groups is 1. The minimum atomic E-state index is -0.0697. The maximum atomic E-state index is 9.13. The Morgan fingerprint density at radius 2 is 1.23 bits per heavy atom. The van der Waals surface area contributed by atoms with E-state index in [-0.39, 0.29) is 11.3 Å². The molecule has 0 aliphatic heterocycles. The van der Waals surface area contributed by atoms with Crippen molar-refractivity contribution in [2.75, 3.05) is 0 Å². The molecule has 1 aliphatic carbocycles. The van der Waals surface area contributed by atoms with Gasteiger partial charge in [0.25, 0.3) is 0 Å². The van der Waals surface area contributed by atoms with Crippen LogP contribution < -0.4 is 0 Å². The van der Waals surface area contributed by atoms with Gasteiger partial charge in [-0.3, -0.25) is 9.98 Å². The van der Waals surface area contributed by atoms with Crippen molar-refractivity contribution in [2.45, 2.75) is 19.3 Å². The molecule has 0 fully saturated rings. The summed E-state index contributed by atoms with van der Waals surface area (Å²) in [7, 11) is 0. The van der Waals surface area contributed by atoms with Crippen LogP contribution in [-0.2, 0) is 5.41 Å². The molecule has 0 bridgehead atoms. The van der Waals surface area contributed by atoms with Gasteiger partial charge in [-0.2, -0.15) is 0 Å². The molecule has 0 amide bonds. The summed E-state index contributed by atoms with van der Waals surface area (Å²) in [5, 5.41) is 11.6. The molecule has 44 heavy (non-hydrogen) atoms. The standard InChI is InChI=1S/C41H31N3/c1-41(2)34-19-11-9-17-32(34)38-35(41)21-22-37-39(38)33-18-10-12-20-36(33)44(37)26-43-40(42)31-24-29(27-13-5-3-6-14-27)23-30(25-31)28-15-7-4-8-16-28/h3-26,42H,1-2H3. The topological polar surface area (TPSA) is 41.1 Å². The summed E-state index contributed by atoms with van der Waals surface area (Å²) in [4.78, 5) is 4.79. The van der Waals surface area contributed by atoms with E-state index >= 15 is 0 Å². The maximum absolute atomic E-state index is 9.13. The first kappa shape index (κ1) is 26.1. The molecule has 0 unspecified atom stereocenters. The van der Waals surface area contributed by atoms with Gasteiger partial charge >= 0.3 is 0 Å². The third-order valence-electron chi connectivity index (χ3n) is 9.14. The minimum Gasteiger partial charge on any atom is -0.300 e. The monoisotopic (exact) mass is 565 g/mol. The normalized spacial score (nSPS) is 13.4. The molecular formula is C41H31N3. The van der Waals surface area contributed by atoms with Gasteiger partial charge in [-0.25, -0.2) is 4.99 Å². The molecule has 210 valence electrons. The van der Waals surface area contributed by atoms with Crippen LogP contribution >= 0.6 is 0 Å². The molecule has 1 heterocycles. The number of nitrogens with one attached hydrogen (secondary N) is 1. The van der Waals surface area contributed by atoms with Gasteiger partial charge in [0.15, 0.2) is 5.84 Å². The number of fused-ring (bicyclic) bond motifs is 7. The fraction of sp³-hybridized carbons (Fsp3) is 0.0732. The van der Waals surface area contributed by atoms with Gasteiger partial charge in [0.05, 0.1) is 11.0 Å². The second-order valence-electron chi connectivity index (χ2n) is 12.1. The zero-order valence-electron chi connectivity index (χ0n) is 24.8. The summed E-state index contributed by atoms with van der Waals surface area (Å²) >= 11 is 0. The number of benzene rings is 6. The quantitative estimate of drug-likeness (QED) is 0.163. The first-order chi connectivity index (χ1) is 21.5. The molecule has 8 rings (SSSR count). The molecule has 0 radical (unpaired) electrons. The van der Waals surface area contributed by atoms with Crippen LogP contribution in [0.25, 0.3) is 55.2 Å². The summed E-state index contributed by atoms with van der Waals surface area (Å²) in [5.41, 5.74) is 12.6. The number of hydrogen-bond acceptors (Lipinski definition) is 1. The van der Waals surface area contributed by atoms with Crippen LogP contribution in [0.1, 0.15) is 30.5 Å². The van der Waals surface area contributed by atoms with Crippen LogP contribution in [0, 0.1) is 5.41 Å². The molecule has 3 nitrogen and oxygen atoms in total. The highest BCUT2D eigenvalue weighted by molar-refractivity contribution is 6.19. The SMILES string of the molecule is CC1(C)c2ccccc2-c2c1ccc1c2c2ccccc2n1C=NC(=N)c1cc(-c2ccccc2)cc(-c2ccccc2)c1. The summed E-state index contributed by atoms with van der Waals surface area (Å²) in [6, 6.07) is 48.8. The first-order valence-corrected chi connectivity index (χ1v) is 15.1. The van der Waals surface area contributed by atoms with Crippen molar-refractivity contribution in [3.63, 3.8) is 0 Å². The van der Waals surface area contributed by atoms with Crippen molar-refractivity contribution in [1.29, 1.82) is 5.41 Å². The minimum absolute atomic E-state index is 0.0697. The van der Waals surface area contributed by atoms with Crippen molar-refractivity contribution >= 4 is 34.0 Å². The molecule has 1 aromatic heterocycles. The van der Waals surface area contributed by atoms with Crippen LogP contribution in [0.2, 0.25) is 0 Å². The van der Waals surface area contributed by atoms with Gasteiger partial charge in [0.1, 0.15) is 6.34 Å². The van der Waals surface area contributed by atoms with Crippen molar-refractivity contribution in [3.05, 3.63) is 156 Å². The Labute approximate surface area is 257 Å². The second-order valence-corrected chi connectivity index (χ2v) is 12.1. The number of hydrogen-bond donors (Lipinski definition) is 1. The molecule has 0 spiro atoms. The van der Waals surface area contributed by atoms with Crippen LogP contribution in [0.4, 0.5) is 0 Å². The van der Waals surface area contributed by atoms with Crippen molar-refractivity contribution in [3.8, 4) is 33.4 Å². The van der Waals surface area contributed by atoms with Gasteiger partial charge in [-0.05, 0) is 74.8 Å². The predicted molar refractivity (Wildman–Crippen MR) is 185 cm³/mol. The lowest BCUT2D eigenvalue weighted by Gasteiger charge is -2.21. The van der Waals surface area contributed by atoms with Crippen molar-refractivity contribution in [1.82, 2.24) is 4.57 Å². The molecular weight excluding hydrogens is 534 g/mol. The Hall–Kier alpha value is -5.54. The lowest BCUT2D eigenvalue weighted by molar-refractivity contribution is 0.661. The number of nitrogens with zero attached hydrogens (tertiary/aromatic N) is 2. The predicted octanol–water partition coefficient (Wildman–Crippen LogP) is 10.3. The van der Waals surface area contributed by atoms with Crippen LogP contribution in [0.3, 0.4) is 0 Å². The van der Waals surface area contributed by atoms with E-state index in [1.807, 2.05) is 42.7 Å². The van der Waals surface area contributed by atoms with E-state index in [9.17, 15) is 0 Å². The fourth-order valence-corrected chi connectivity index (χ4v) is 6.96. The average molecular weight is 566 g/mol. The van der Waals surface area contributed by atoms with Gasteiger partial charge in [0, 0.05) is 21.8 Å². The molecule has 3 heteroatoms. The molecule has 0 atom stereocenters. The first-order valence-electron chi connectivity index (χ1n) is 15.1. The van der Waals surface area contributed by atoms with E-state index in [1.54, 1.807) is 0 Å². The zero-order chi connectivity index (χ0) is 29.8. The van der Waals surface area contributed by atoms with Gasteiger partial charge in [-0.1, -0.05) is 123 Å². The van der Waals surface area contributed by atoms with E-state index in [0.717, 1.165) is 38.9 Å². The maximum Gasteiger partial charge on any atom is 0.153 e. The van der Waals surface area contributed by atoms with Crippen molar-refractivity contribution in [2.24, 2.45) is 4.99 Å². The van der Waals surface area contributed by atoms with E-state index in [4.69, 9.17) is 10.4 Å². The highest BCUT2D eigenvalue weighted by atomic mass is 15.0. The van der Waals surface area contributed by atoms with Crippen LogP contribution in [-0.4, -0.2) is 16.7 Å². The number of amidine groups is 1. The molecule has 0 saturated heterocycles. The molecule has 0 saturated carbocycles. The summed E-state index contributed by atoms with van der Waals surface area (Å²) in [6.07, 6.45) is 1.82. The molecule has 6 aromatic carbocycles. The Bertz CT molecular complexity index is 2200. The fourth-order valence-electron chi connectivity index (χ4n) is 6.96. The third-order valence-corrected chi connectivity index (χ3v) is 9.14. The number of para-hydroxylation sites is 1. The number of aromatic nitrogens is 1. The van der Waals surface area contributed by atoms with Gasteiger partial charge in [-0.15, -0.1) is 0 Å². The van der Waals surface area contributed by atoms with Crippen molar-refractivity contribution < 1.29 is 0 Å². The summed E-state index contributed by atoms with van der Waals surface area (Å²) < 4.78 is 2.15. The number of rotatable bonds is 4. The lowest BCUT2D eigenvalue weighted by atomic mass is 9.82. The third kappa shape index (κ3) is 4.05. The van der Waals surface area contributed by atoms with E-state index in [1.165, 1.54) is 33.0 Å². The Morgan fingerprint density at radius 3 is 1.93 bits per heavy atom. The van der Waals surface area contributed by atoms with Gasteiger partial charge in [0.2, 0.25) is 0 Å². The summed E-state index contributed by atoms with van der Waals surface area (Å²) in [6.45, 7) is 4.64. The largest absolute Gasteiger partial charge is 0.300 e. The summed E-state index contributed by atoms with van der Waals surface area (Å²) in [5.74, 6) is 0.221.